The second-order valence-corrected chi connectivity index (χ2v) is 7.80. The number of thiophene rings is 1. The zero-order chi connectivity index (χ0) is 14.4. The first-order chi connectivity index (χ1) is 8.77. The third-order valence-corrected chi connectivity index (χ3v) is 6.91. The summed E-state index contributed by atoms with van der Waals surface area (Å²) in [7, 11) is 0. The van der Waals surface area contributed by atoms with Crippen LogP contribution in [0.15, 0.2) is 11.4 Å². The number of hydrogen-bond acceptors (Lipinski definition) is 2. The highest BCUT2D eigenvalue weighted by Gasteiger charge is 2.76. The average molecular weight is 341 g/mol. The van der Waals surface area contributed by atoms with Crippen LogP contribution in [0.3, 0.4) is 0 Å². The Morgan fingerprint density at radius 1 is 1.58 bits per heavy atom. The summed E-state index contributed by atoms with van der Waals surface area (Å²) in [4.78, 5) is 13.5. The molecule has 0 radical (unpaired) electrons. The monoisotopic (exact) mass is 339 g/mol. The molecule has 19 heavy (non-hydrogen) atoms. The van der Waals surface area contributed by atoms with Crippen molar-refractivity contribution in [1.82, 2.24) is 5.32 Å². The average Bonchev–Trinajstić information content (AvgIpc) is 2.67. The normalized spacial score (nSPS) is 29.9. The number of amides is 1. The molecule has 6 heteroatoms. The molecule has 0 spiro atoms. The van der Waals surface area contributed by atoms with Crippen LogP contribution in [0.25, 0.3) is 0 Å². The van der Waals surface area contributed by atoms with Gasteiger partial charge in [0.2, 0.25) is 5.91 Å². The standard InChI is InChI=1S/C13H16Cl3NOS/c1-4-12(8(3)13(12,15)16)11(18)17-7(2)10-5-9(14)6-19-10/h5-8H,4H2,1-3H3,(H,17,18). The molecular weight excluding hydrogens is 325 g/mol. The molecule has 1 fully saturated rings. The number of carbonyl (C=O) groups excluding carboxylic acids is 1. The van der Waals surface area contributed by atoms with Gasteiger partial charge in [-0.2, -0.15) is 0 Å². The molecule has 2 nitrogen and oxygen atoms in total. The topological polar surface area (TPSA) is 29.1 Å². The Balaban J connectivity index is 2.10. The van der Waals surface area contributed by atoms with Crippen LogP contribution in [-0.4, -0.2) is 10.2 Å². The van der Waals surface area contributed by atoms with Gasteiger partial charge in [-0.15, -0.1) is 34.5 Å². The van der Waals surface area contributed by atoms with Gasteiger partial charge in [-0.3, -0.25) is 4.79 Å². The van der Waals surface area contributed by atoms with E-state index in [1.54, 1.807) is 0 Å². The minimum Gasteiger partial charge on any atom is -0.348 e. The van der Waals surface area contributed by atoms with Crippen molar-refractivity contribution >= 4 is 52.0 Å². The second-order valence-electron chi connectivity index (χ2n) is 5.03. The first-order valence-corrected chi connectivity index (χ1v) is 8.21. The van der Waals surface area contributed by atoms with E-state index in [4.69, 9.17) is 34.8 Å². The number of rotatable bonds is 4. The third-order valence-electron chi connectivity index (χ3n) is 4.12. The molecule has 3 unspecified atom stereocenters. The van der Waals surface area contributed by atoms with Crippen molar-refractivity contribution in [2.45, 2.75) is 37.6 Å². The Morgan fingerprint density at radius 3 is 2.53 bits per heavy atom. The lowest BCUT2D eigenvalue weighted by Gasteiger charge is -2.19. The van der Waals surface area contributed by atoms with Crippen molar-refractivity contribution in [3.8, 4) is 0 Å². The smallest absolute Gasteiger partial charge is 0.230 e. The van der Waals surface area contributed by atoms with Gasteiger partial charge in [-0.05, 0) is 19.4 Å². The molecule has 2 rings (SSSR count). The maximum Gasteiger partial charge on any atom is 0.230 e. The molecule has 3 atom stereocenters. The lowest BCUT2D eigenvalue weighted by atomic mass is 9.99. The van der Waals surface area contributed by atoms with Crippen LogP contribution >= 0.6 is 46.1 Å². The Kier molecular flexibility index (Phi) is 4.14. The van der Waals surface area contributed by atoms with Crippen LogP contribution in [0.4, 0.5) is 0 Å². The van der Waals surface area contributed by atoms with Gasteiger partial charge in [0, 0.05) is 16.2 Å². The van der Waals surface area contributed by atoms with Crippen LogP contribution in [0.2, 0.25) is 5.02 Å². The number of hydrogen-bond donors (Lipinski definition) is 1. The number of carbonyl (C=O) groups is 1. The summed E-state index contributed by atoms with van der Waals surface area (Å²) in [6.07, 6.45) is 0.630. The maximum atomic E-state index is 12.5. The van der Waals surface area contributed by atoms with Crippen molar-refractivity contribution in [3.63, 3.8) is 0 Å². The Hall–Kier alpha value is 0.0400. The molecule has 106 valence electrons. The maximum absolute atomic E-state index is 12.5. The molecule has 0 saturated heterocycles. The highest BCUT2D eigenvalue weighted by molar-refractivity contribution is 7.10. The van der Waals surface area contributed by atoms with E-state index in [1.807, 2.05) is 32.2 Å². The molecular formula is C13H16Cl3NOS. The minimum absolute atomic E-state index is 0.0348. The fourth-order valence-corrected chi connectivity index (χ4v) is 4.76. The molecule has 1 aliphatic carbocycles. The predicted octanol–water partition coefficient (Wildman–Crippen LogP) is 4.80. The fraction of sp³-hybridized carbons (Fsp3) is 0.615. The van der Waals surface area contributed by atoms with E-state index in [0.29, 0.717) is 11.4 Å². The lowest BCUT2D eigenvalue weighted by molar-refractivity contribution is -0.127. The molecule has 1 aliphatic rings. The molecule has 0 aliphatic heterocycles. The van der Waals surface area contributed by atoms with Gasteiger partial charge in [-0.1, -0.05) is 25.4 Å². The summed E-state index contributed by atoms with van der Waals surface area (Å²) in [5.41, 5.74) is -0.675. The molecule has 1 aromatic rings. The van der Waals surface area contributed by atoms with Crippen molar-refractivity contribution in [1.29, 1.82) is 0 Å². The van der Waals surface area contributed by atoms with Gasteiger partial charge in [0.15, 0.2) is 0 Å². The Morgan fingerprint density at radius 2 is 2.16 bits per heavy atom. The third kappa shape index (κ3) is 2.29. The molecule has 0 aromatic carbocycles. The SMILES string of the molecule is CCC1(C(=O)NC(C)c2cc(Cl)cs2)C(C)C1(Cl)Cl. The summed E-state index contributed by atoms with van der Waals surface area (Å²) < 4.78 is -0.960. The van der Waals surface area contributed by atoms with Crippen LogP contribution in [-0.2, 0) is 4.79 Å². The Bertz CT molecular complexity index is 502. The Labute approximate surface area is 132 Å². The van der Waals surface area contributed by atoms with Gasteiger partial charge in [0.1, 0.15) is 4.33 Å². The van der Waals surface area contributed by atoms with E-state index < -0.39 is 9.75 Å². The van der Waals surface area contributed by atoms with Gasteiger partial charge in [0.25, 0.3) is 0 Å². The molecule has 1 heterocycles. The van der Waals surface area contributed by atoms with Crippen molar-refractivity contribution in [2.75, 3.05) is 0 Å². The fourth-order valence-electron chi connectivity index (χ4n) is 2.64. The van der Waals surface area contributed by atoms with Gasteiger partial charge < -0.3 is 5.32 Å². The summed E-state index contributed by atoms with van der Waals surface area (Å²) in [5, 5.41) is 5.53. The largest absolute Gasteiger partial charge is 0.348 e. The summed E-state index contributed by atoms with van der Waals surface area (Å²) in [6.45, 7) is 5.78. The predicted molar refractivity (Wildman–Crippen MR) is 82.2 cm³/mol. The van der Waals surface area contributed by atoms with Crippen molar-refractivity contribution in [2.24, 2.45) is 11.3 Å². The van der Waals surface area contributed by atoms with E-state index in [9.17, 15) is 4.79 Å². The van der Waals surface area contributed by atoms with E-state index in [-0.39, 0.29) is 17.9 Å². The van der Waals surface area contributed by atoms with Crippen LogP contribution in [0.1, 0.15) is 38.1 Å². The zero-order valence-corrected chi connectivity index (χ0v) is 14.1. The molecule has 1 N–H and O–H groups in total. The van der Waals surface area contributed by atoms with Gasteiger partial charge in [0.05, 0.1) is 16.5 Å². The number of halogens is 3. The second kappa shape index (κ2) is 5.10. The molecule has 1 saturated carbocycles. The molecule has 0 bridgehead atoms. The first kappa shape index (κ1) is 15.4. The van der Waals surface area contributed by atoms with E-state index in [0.717, 1.165) is 4.88 Å². The van der Waals surface area contributed by atoms with Crippen LogP contribution in [0.5, 0.6) is 0 Å². The van der Waals surface area contributed by atoms with Crippen LogP contribution < -0.4 is 5.32 Å². The van der Waals surface area contributed by atoms with E-state index in [2.05, 4.69) is 5.32 Å². The number of alkyl halides is 2. The first-order valence-electron chi connectivity index (χ1n) is 6.20. The quantitative estimate of drug-likeness (QED) is 0.784. The number of nitrogens with one attached hydrogen (secondary N) is 1. The highest BCUT2D eigenvalue weighted by atomic mass is 35.5. The summed E-state index contributed by atoms with van der Waals surface area (Å²) >= 11 is 19.9. The molecule has 1 amide bonds. The zero-order valence-electron chi connectivity index (χ0n) is 11.0. The molecule has 1 aromatic heterocycles. The van der Waals surface area contributed by atoms with Crippen molar-refractivity contribution in [3.05, 3.63) is 21.3 Å². The van der Waals surface area contributed by atoms with Crippen LogP contribution in [0, 0.1) is 11.3 Å². The van der Waals surface area contributed by atoms with Crippen molar-refractivity contribution < 1.29 is 4.79 Å². The lowest BCUT2D eigenvalue weighted by Crippen LogP contribution is -2.36. The minimum atomic E-state index is -0.960. The summed E-state index contributed by atoms with van der Waals surface area (Å²) in [6, 6.07) is 1.77. The van der Waals surface area contributed by atoms with E-state index in [1.165, 1.54) is 11.3 Å². The highest BCUT2D eigenvalue weighted by Crippen LogP contribution is 2.70. The van der Waals surface area contributed by atoms with E-state index >= 15 is 0 Å². The summed E-state index contributed by atoms with van der Waals surface area (Å²) in [5.74, 6) is -0.114. The van der Waals surface area contributed by atoms with Gasteiger partial charge >= 0.3 is 0 Å². The van der Waals surface area contributed by atoms with Gasteiger partial charge in [-0.25, -0.2) is 0 Å².